The minimum absolute atomic E-state index is 0.0673. The Hall–Kier alpha value is -2.38. The van der Waals surface area contributed by atoms with Gasteiger partial charge in [0.15, 0.2) is 11.5 Å². The Balaban J connectivity index is 1.55. The van der Waals surface area contributed by atoms with Crippen LogP contribution in [-0.2, 0) is 17.6 Å². The molecule has 1 amide bonds. The van der Waals surface area contributed by atoms with Gasteiger partial charge < -0.3 is 14.4 Å². The molecule has 0 spiro atoms. The molecule has 0 aliphatic carbocycles. The first-order valence-electron chi connectivity index (χ1n) is 8.52. The van der Waals surface area contributed by atoms with Crippen LogP contribution in [0.1, 0.15) is 11.3 Å². The van der Waals surface area contributed by atoms with Crippen LogP contribution in [0.5, 0.6) is 11.5 Å². The lowest BCUT2D eigenvalue weighted by atomic mass is 10.1. The first-order chi connectivity index (χ1) is 13.1. The zero-order chi connectivity index (χ0) is 19.2. The lowest BCUT2D eigenvalue weighted by molar-refractivity contribution is -0.129. The minimum atomic E-state index is 0.0673. The van der Waals surface area contributed by atoms with Crippen LogP contribution in [0.3, 0.4) is 0 Å². The van der Waals surface area contributed by atoms with Crippen molar-refractivity contribution in [1.29, 1.82) is 0 Å². The van der Waals surface area contributed by atoms with E-state index in [1.54, 1.807) is 41.8 Å². The molecular formula is C20H22N2O3S2. The van der Waals surface area contributed by atoms with Crippen LogP contribution in [-0.4, -0.2) is 43.6 Å². The summed E-state index contributed by atoms with van der Waals surface area (Å²) in [6, 6.07) is 7.87. The number of carbonyl (C=O) groups excluding carboxylic acids is 1. The highest BCUT2D eigenvalue weighted by Gasteiger charge is 2.14. The fourth-order valence-electron chi connectivity index (χ4n) is 2.65. The maximum atomic E-state index is 12.5. The normalized spacial score (nSPS) is 10.6. The van der Waals surface area contributed by atoms with Gasteiger partial charge in [0.1, 0.15) is 5.01 Å². The predicted octanol–water partition coefficient (Wildman–Crippen LogP) is 4.13. The molecule has 0 atom stereocenters. The van der Waals surface area contributed by atoms with Gasteiger partial charge in [-0.05, 0) is 35.6 Å². The van der Waals surface area contributed by atoms with Crippen molar-refractivity contribution in [3.8, 4) is 22.1 Å². The molecule has 0 bridgehead atoms. The smallest absolute Gasteiger partial charge is 0.228 e. The van der Waals surface area contributed by atoms with Gasteiger partial charge in [0.2, 0.25) is 5.91 Å². The van der Waals surface area contributed by atoms with Gasteiger partial charge in [-0.3, -0.25) is 4.79 Å². The number of amides is 1. The minimum Gasteiger partial charge on any atom is -0.493 e. The van der Waals surface area contributed by atoms with Crippen LogP contribution in [0, 0.1) is 0 Å². The molecular weight excluding hydrogens is 380 g/mol. The highest BCUT2D eigenvalue weighted by molar-refractivity contribution is 7.14. The van der Waals surface area contributed by atoms with E-state index in [1.165, 1.54) is 0 Å². The third-order valence-corrected chi connectivity index (χ3v) is 5.89. The van der Waals surface area contributed by atoms with Crippen molar-refractivity contribution in [1.82, 2.24) is 9.88 Å². The van der Waals surface area contributed by atoms with Crippen molar-refractivity contribution in [3.63, 3.8) is 0 Å². The highest BCUT2D eigenvalue weighted by Crippen LogP contribution is 2.28. The molecule has 27 heavy (non-hydrogen) atoms. The molecule has 0 N–H and O–H groups in total. The molecule has 2 aromatic heterocycles. The molecule has 0 fully saturated rings. The molecule has 1 aromatic carbocycles. The zero-order valence-electron chi connectivity index (χ0n) is 15.6. The largest absolute Gasteiger partial charge is 0.493 e. The monoisotopic (exact) mass is 402 g/mol. The van der Waals surface area contributed by atoms with Crippen molar-refractivity contribution < 1.29 is 14.3 Å². The molecule has 5 nitrogen and oxygen atoms in total. The van der Waals surface area contributed by atoms with Gasteiger partial charge in [0, 0.05) is 29.9 Å². The summed E-state index contributed by atoms with van der Waals surface area (Å²) >= 11 is 3.22. The number of carbonyl (C=O) groups is 1. The number of thiophene rings is 1. The first-order valence-corrected chi connectivity index (χ1v) is 10.3. The van der Waals surface area contributed by atoms with E-state index in [1.807, 2.05) is 42.1 Å². The lowest BCUT2D eigenvalue weighted by Gasteiger charge is -2.17. The third-order valence-electron chi connectivity index (χ3n) is 4.26. The number of aromatic nitrogens is 1. The number of hydrogen-bond donors (Lipinski definition) is 0. The van der Waals surface area contributed by atoms with Crippen molar-refractivity contribution in [2.24, 2.45) is 0 Å². The Labute approximate surface area is 167 Å². The quantitative estimate of drug-likeness (QED) is 0.568. The van der Waals surface area contributed by atoms with Crippen molar-refractivity contribution >= 4 is 28.6 Å². The standard InChI is InChI=1S/C20H22N2O3S2/c1-22(8-6-14-4-5-17(24-2)18(10-14)25-3)19(23)11-16-13-27-20(21-16)15-7-9-26-12-15/h4-5,7,9-10,12-13H,6,8,11H2,1-3H3. The van der Waals surface area contributed by atoms with E-state index in [0.29, 0.717) is 24.5 Å². The van der Waals surface area contributed by atoms with Gasteiger partial charge in [0.25, 0.3) is 0 Å². The summed E-state index contributed by atoms with van der Waals surface area (Å²) in [5.74, 6) is 1.47. The van der Waals surface area contributed by atoms with Gasteiger partial charge in [-0.1, -0.05) is 6.07 Å². The molecule has 0 unspecified atom stereocenters. The fraction of sp³-hybridized carbons (Fsp3) is 0.300. The van der Waals surface area contributed by atoms with Crippen molar-refractivity contribution in [3.05, 3.63) is 51.7 Å². The van der Waals surface area contributed by atoms with Crippen LogP contribution < -0.4 is 9.47 Å². The summed E-state index contributed by atoms with van der Waals surface area (Å²) in [6.07, 6.45) is 1.07. The molecule has 3 aromatic rings. The van der Waals surface area contributed by atoms with E-state index >= 15 is 0 Å². The molecule has 0 saturated carbocycles. The van der Waals surface area contributed by atoms with E-state index in [4.69, 9.17) is 9.47 Å². The molecule has 0 radical (unpaired) electrons. The topological polar surface area (TPSA) is 51.7 Å². The van der Waals surface area contributed by atoms with Crippen LogP contribution >= 0.6 is 22.7 Å². The highest BCUT2D eigenvalue weighted by atomic mass is 32.1. The molecule has 0 aliphatic heterocycles. The van der Waals surface area contributed by atoms with Gasteiger partial charge in [-0.2, -0.15) is 11.3 Å². The Morgan fingerprint density at radius 1 is 1.15 bits per heavy atom. The zero-order valence-corrected chi connectivity index (χ0v) is 17.2. The number of thiazole rings is 1. The second-order valence-electron chi connectivity index (χ2n) is 6.09. The van der Waals surface area contributed by atoms with Gasteiger partial charge in [-0.25, -0.2) is 4.98 Å². The van der Waals surface area contributed by atoms with Gasteiger partial charge >= 0.3 is 0 Å². The van der Waals surface area contributed by atoms with Crippen LogP contribution in [0.2, 0.25) is 0 Å². The van der Waals surface area contributed by atoms with Gasteiger partial charge in [0.05, 0.1) is 26.3 Å². The Morgan fingerprint density at radius 3 is 2.67 bits per heavy atom. The average Bonchev–Trinajstić information content (AvgIpc) is 3.37. The van der Waals surface area contributed by atoms with Gasteiger partial charge in [-0.15, -0.1) is 11.3 Å². The van der Waals surface area contributed by atoms with Crippen LogP contribution in [0.15, 0.2) is 40.4 Å². The van der Waals surface area contributed by atoms with E-state index in [2.05, 4.69) is 10.4 Å². The molecule has 7 heteroatoms. The second kappa shape index (κ2) is 9.01. The average molecular weight is 403 g/mol. The molecule has 3 rings (SSSR count). The van der Waals surface area contributed by atoms with E-state index in [0.717, 1.165) is 28.2 Å². The summed E-state index contributed by atoms with van der Waals surface area (Å²) in [4.78, 5) is 18.8. The number of hydrogen-bond acceptors (Lipinski definition) is 6. The van der Waals surface area contributed by atoms with Crippen molar-refractivity contribution in [2.45, 2.75) is 12.8 Å². The summed E-state index contributed by atoms with van der Waals surface area (Å²) in [6.45, 7) is 0.635. The second-order valence-corrected chi connectivity index (χ2v) is 7.73. The Bertz CT molecular complexity index is 891. The Morgan fingerprint density at radius 2 is 1.96 bits per heavy atom. The number of rotatable bonds is 8. The maximum Gasteiger partial charge on any atom is 0.228 e. The Kier molecular flexibility index (Phi) is 6.47. The number of nitrogens with zero attached hydrogens (tertiary/aromatic N) is 2. The lowest BCUT2D eigenvalue weighted by Crippen LogP contribution is -2.30. The summed E-state index contributed by atoms with van der Waals surface area (Å²) in [5, 5.41) is 7.03. The van der Waals surface area contributed by atoms with E-state index in [-0.39, 0.29) is 5.91 Å². The molecule has 2 heterocycles. The fourth-order valence-corrected chi connectivity index (χ4v) is 4.19. The third kappa shape index (κ3) is 4.87. The number of ether oxygens (including phenoxy) is 2. The number of likely N-dealkylation sites (N-methyl/N-ethyl adjacent to an activating group) is 1. The van der Waals surface area contributed by atoms with E-state index < -0.39 is 0 Å². The number of benzene rings is 1. The predicted molar refractivity (Wildman–Crippen MR) is 110 cm³/mol. The number of methoxy groups -OCH3 is 2. The summed E-state index contributed by atoms with van der Waals surface area (Å²) in [7, 11) is 5.07. The van der Waals surface area contributed by atoms with E-state index in [9.17, 15) is 4.79 Å². The first kappa shape index (κ1) is 19.4. The summed E-state index contributed by atoms with van der Waals surface area (Å²) < 4.78 is 10.6. The van der Waals surface area contributed by atoms with Crippen molar-refractivity contribution in [2.75, 3.05) is 27.8 Å². The SMILES string of the molecule is COc1ccc(CCN(C)C(=O)Cc2csc(-c3ccsc3)n2)cc1OC. The van der Waals surface area contributed by atoms with Crippen LogP contribution in [0.25, 0.3) is 10.6 Å². The molecule has 0 saturated heterocycles. The molecule has 142 valence electrons. The summed E-state index contributed by atoms with van der Waals surface area (Å²) in [5.41, 5.74) is 3.04. The maximum absolute atomic E-state index is 12.5. The molecule has 0 aliphatic rings. The van der Waals surface area contributed by atoms with Crippen LogP contribution in [0.4, 0.5) is 0 Å².